The fraction of sp³-hybridized carbons (Fsp3) is 0.714. The molecule has 0 atom stereocenters. The molecule has 0 bridgehead atoms. The average molecular weight is 550 g/mol. The number of unbranched alkanes of at least 4 members (excludes halogenated alkanes) is 2. The largest absolute Gasteiger partial charge is 0.490 e. The smallest absolute Gasteiger partial charge is 0.475 e. The molecule has 5 N–H and O–H groups in total. The summed E-state index contributed by atoms with van der Waals surface area (Å²) < 4.78 is 63.5. The van der Waals surface area contributed by atoms with Crippen LogP contribution in [0.3, 0.4) is 0 Å². The van der Waals surface area contributed by atoms with Gasteiger partial charge in [0.2, 0.25) is 11.8 Å². The first-order valence-electron chi connectivity index (χ1n) is 11.0. The second-order valence-electron chi connectivity index (χ2n) is 7.56. The Morgan fingerprint density at radius 2 is 1.41 bits per heavy atom. The van der Waals surface area contributed by atoms with Gasteiger partial charge in [-0.3, -0.25) is 14.5 Å². The van der Waals surface area contributed by atoms with Crippen molar-refractivity contribution in [2.45, 2.75) is 50.9 Å². The van der Waals surface area contributed by atoms with E-state index in [9.17, 15) is 35.9 Å². The van der Waals surface area contributed by atoms with Crippen molar-refractivity contribution in [2.24, 2.45) is 5.73 Å². The molecule has 10 nitrogen and oxygen atoms in total. The molecule has 0 saturated carbocycles. The minimum atomic E-state index is -5.08. The predicted octanol–water partition coefficient (Wildman–Crippen LogP) is 1.45. The van der Waals surface area contributed by atoms with E-state index in [-0.39, 0.29) is 18.4 Å². The molecule has 0 aromatic heterocycles. The first-order valence-corrected chi connectivity index (χ1v) is 11.0. The lowest BCUT2D eigenvalue weighted by Crippen LogP contribution is -2.31. The number of nitrogens with one attached hydrogen (secondary N) is 1. The zero-order valence-electron chi connectivity index (χ0n) is 20.3. The lowest BCUT2D eigenvalue weighted by molar-refractivity contribution is -0.193. The monoisotopic (exact) mass is 550 g/mol. The zero-order chi connectivity index (χ0) is 29.1. The highest BCUT2D eigenvalue weighted by atomic mass is 19.4. The van der Waals surface area contributed by atoms with Crippen LogP contribution in [0.25, 0.3) is 0 Å². The standard InChI is InChI=1S/C17H30N4O2.2C2HF3O2/c1-20(11-5-6-12-21-13-7-8-14-21)17(23)9-3-2-4-10-19-16(22)15-18;2*3-2(4,5)1(6)7/h2-4,7-15,18H2,1H3,(H,19,22);2*(H,6,7). The third kappa shape index (κ3) is 21.9. The molecule has 1 saturated heterocycles. The van der Waals surface area contributed by atoms with E-state index < -0.39 is 24.3 Å². The summed E-state index contributed by atoms with van der Waals surface area (Å²) in [6.07, 6.45) is -4.45. The van der Waals surface area contributed by atoms with Crippen LogP contribution in [-0.2, 0) is 19.2 Å². The Bertz CT molecular complexity index is 750. The number of amides is 2. The molecule has 1 aliphatic heterocycles. The lowest BCUT2D eigenvalue weighted by atomic mass is 10.2. The van der Waals surface area contributed by atoms with Crippen LogP contribution in [0.2, 0.25) is 0 Å². The number of nitrogens with zero attached hydrogens (tertiary/aromatic N) is 2. The number of alkyl halides is 6. The van der Waals surface area contributed by atoms with Crippen molar-refractivity contribution < 1.29 is 55.7 Å². The highest BCUT2D eigenvalue weighted by molar-refractivity contribution is 5.77. The number of hydrogen-bond donors (Lipinski definition) is 4. The van der Waals surface area contributed by atoms with Crippen molar-refractivity contribution in [1.29, 1.82) is 0 Å². The van der Waals surface area contributed by atoms with Crippen LogP contribution < -0.4 is 11.1 Å². The van der Waals surface area contributed by atoms with Crippen LogP contribution in [0, 0.1) is 11.8 Å². The van der Waals surface area contributed by atoms with Crippen molar-refractivity contribution in [3.8, 4) is 11.8 Å². The molecule has 0 unspecified atom stereocenters. The molecular formula is C21H32F6N4O6. The summed E-state index contributed by atoms with van der Waals surface area (Å²) in [4.78, 5) is 44.7. The number of aliphatic carboxylic acids is 2. The number of carboxylic acids is 2. The van der Waals surface area contributed by atoms with E-state index in [0.717, 1.165) is 38.9 Å². The van der Waals surface area contributed by atoms with Gasteiger partial charge in [-0.25, -0.2) is 9.59 Å². The minimum absolute atomic E-state index is 0.0298. The van der Waals surface area contributed by atoms with Crippen LogP contribution in [0.1, 0.15) is 38.5 Å². The van der Waals surface area contributed by atoms with E-state index >= 15 is 0 Å². The topological polar surface area (TPSA) is 153 Å². The lowest BCUT2D eigenvalue weighted by Gasteiger charge is -2.14. The van der Waals surface area contributed by atoms with Crippen LogP contribution in [0.15, 0.2) is 0 Å². The molecule has 2 amide bonds. The van der Waals surface area contributed by atoms with Crippen LogP contribution in [0.4, 0.5) is 26.3 Å². The number of likely N-dealkylation sites (tertiary alicyclic amines) is 1. The van der Waals surface area contributed by atoms with E-state index in [4.69, 9.17) is 25.5 Å². The van der Waals surface area contributed by atoms with Gasteiger partial charge in [0, 0.05) is 20.0 Å². The molecule has 0 aromatic rings. The Hall–Kier alpha value is -3.06. The zero-order valence-corrected chi connectivity index (χ0v) is 20.3. The Morgan fingerprint density at radius 3 is 1.84 bits per heavy atom. The molecule has 214 valence electrons. The highest BCUT2D eigenvalue weighted by Gasteiger charge is 2.38. The van der Waals surface area contributed by atoms with Gasteiger partial charge < -0.3 is 26.2 Å². The highest BCUT2D eigenvalue weighted by Crippen LogP contribution is 2.13. The minimum Gasteiger partial charge on any atom is -0.475 e. The molecule has 1 rings (SSSR count). The van der Waals surface area contributed by atoms with Crippen molar-refractivity contribution in [2.75, 3.05) is 46.3 Å². The Balaban J connectivity index is 0. The van der Waals surface area contributed by atoms with Crippen LogP contribution in [0.5, 0.6) is 0 Å². The van der Waals surface area contributed by atoms with Gasteiger partial charge in [0.05, 0.1) is 19.6 Å². The molecule has 37 heavy (non-hydrogen) atoms. The quantitative estimate of drug-likeness (QED) is 0.191. The second kappa shape index (κ2) is 19.1. The molecule has 1 heterocycles. The first-order chi connectivity index (χ1) is 17.0. The second-order valence-corrected chi connectivity index (χ2v) is 7.56. The van der Waals surface area contributed by atoms with Gasteiger partial charge in [-0.05, 0) is 38.8 Å². The molecule has 16 heteroatoms. The normalized spacial score (nSPS) is 13.1. The Labute approximate surface area is 210 Å². The molecule has 0 aliphatic carbocycles. The van der Waals surface area contributed by atoms with Crippen molar-refractivity contribution >= 4 is 23.8 Å². The predicted molar refractivity (Wildman–Crippen MR) is 119 cm³/mol. The van der Waals surface area contributed by atoms with Gasteiger partial charge in [0.25, 0.3) is 0 Å². The number of hydrogen-bond acceptors (Lipinski definition) is 6. The number of nitrogens with two attached hydrogens (primary N) is 1. The van der Waals surface area contributed by atoms with E-state index in [0.29, 0.717) is 19.5 Å². The van der Waals surface area contributed by atoms with Crippen LogP contribution >= 0.6 is 0 Å². The number of carbonyl (C=O) groups excluding carboxylic acids is 2. The fourth-order valence-corrected chi connectivity index (χ4v) is 2.44. The Morgan fingerprint density at radius 1 is 0.919 bits per heavy atom. The maximum atomic E-state index is 11.9. The van der Waals surface area contributed by atoms with Crippen molar-refractivity contribution in [3.63, 3.8) is 0 Å². The SMILES string of the molecule is CN(CC#CCN1CCCC1)C(=O)CCCCCNC(=O)CN.O=C(O)C(F)(F)F.O=C(O)C(F)(F)F. The molecule has 1 aliphatic rings. The first kappa shape index (κ1) is 36.1. The number of carbonyl (C=O) groups is 4. The van der Waals surface area contributed by atoms with Gasteiger partial charge in [0.1, 0.15) is 0 Å². The third-order valence-electron chi connectivity index (χ3n) is 4.43. The molecule has 0 radical (unpaired) electrons. The fourth-order valence-electron chi connectivity index (χ4n) is 2.44. The summed E-state index contributed by atoms with van der Waals surface area (Å²) in [5.74, 6) is 0.707. The molecule has 1 fully saturated rings. The summed E-state index contributed by atoms with van der Waals surface area (Å²) in [7, 11) is 1.80. The van der Waals surface area contributed by atoms with E-state index in [1.54, 1.807) is 11.9 Å². The summed E-state index contributed by atoms with van der Waals surface area (Å²) in [6.45, 7) is 4.27. The van der Waals surface area contributed by atoms with Gasteiger partial charge in [-0.1, -0.05) is 18.3 Å². The van der Waals surface area contributed by atoms with Gasteiger partial charge >= 0.3 is 24.3 Å². The van der Waals surface area contributed by atoms with E-state index in [2.05, 4.69) is 22.1 Å². The summed E-state index contributed by atoms with van der Waals surface area (Å²) >= 11 is 0. The summed E-state index contributed by atoms with van der Waals surface area (Å²) in [6, 6.07) is 0. The number of rotatable bonds is 9. The third-order valence-corrected chi connectivity index (χ3v) is 4.43. The van der Waals surface area contributed by atoms with Crippen molar-refractivity contribution in [1.82, 2.24) is 15.1 Å². The molecule has 0 spiro atoms. The Kier molecular flexibility index (Phi) is 18.6. The number of carboxylic acid groups (broad SMARTS) is 2. The van der Waals surface area contributed by atoms with Gasteiger partial charge in [-0.2, -0.15) is 26.3 Å². The van der Waals surface area contributed by atoms with Gasteiger partial charge in [0.15, 0.2) is 0 Å². The molecular weight excluding hydrogens is 518 g/mol. The van der Waals surface area contributed by atoms with E-state index in [1.807, 2.05) is 0 Å². The molecule has 0 aromatic carbocycles. The number of halogens is 6. The average Bonchev–Trinajstić information content (AvgIpc) is 3.31. The van der Waals surface area contributed by atoms with Crippen molar-refractivity contribution in [3.05, 3.63) is 0 Å². The maximum absolute atomic E-state index is 11.9. The van der Waals surface area contributed by atoms with Crippen LogP contribution in [-0.4, -0.2) is 102 Å². The van der Waals surface area contributed by atoms with E-state index in [1.165, 1.54) is 12.8 Å². The summed E-state index contributed by atoms with van der Waals surface area (Å²) in [5, 5.41) is 17.0. The van der Waals surface area contributed by atoms with Gasteiger partial charge in [-0.15, -0.1) is 0 Å². The maximum Gasteiger partial charge on any atom is 0.490 e. The summed E-state index contributed by atoms with van der Waals surface area (Å²) in [5.41, 5.74) is 5.20.